The molecule has 0 saturated heterocycles. The van der Waals surface area contributed by atoms with Crippen molar-refractivity contribution in [3.63, 3.8) is 0 Å². The third-order valence-corrected chi connectivity index (χ3v) is 3.03. The van der Waals surface area contributed by atoms with Crippen LogP contribution in [0.15, 0.2) is 11.6 Å². The van der Waals surface area contributed by atoms with Crippen LogP contribution in [-0.2, 0) is 0 Å². The molecule has 2 saturated carbocycles. The highest BCUT2D eigenvalue weighted by molar-refractivity contribution is 6.29. The molecule has 3 unspecified atom stereocenters. The molecule has 2 aliphatic rings. The molecule has 0 aromatic carbocycles. The second-order valence-electron chi connectivity index (χ2n) is 3.74. The summed E-state index contributed by atoms with van der Waals surface area (Å²) in [4.78, 5) is 0. The first-order valence-corrected chi connectivity index (χ1v) is 4.72. The smallest absolute Gasteiger partial charge is 0.0310 e. The molecule has 0 amide bonds. The van der Waals surface area contributed by atoms with Gasteiger partial charge in [-0.1, -0.05) is 18.2 Å². The fraction of sp³-hybridized carbons (Fsp3) is 0.778. The largest absolute Gasteiger partial charge is 0.309 e. The van der Waals surface area contributed by atoms with E-state index in [9.17, 15) is 0 Å². The van der Waals surface area contributed by atoms with Gasteiger partial charge in [0.25, 0.3) is 0 Å². The molecule has 2 fully saturated rings. The number of hydrogen-bond acceptors (Lipinski definition) is 1. The molecule has 11 heavy (non-hydrogen) atoms. The Labute approximate surface area is 72.8 Å². The maximum absolute atomic E-state index is 5.66. The van der Waals surface area contributed by atoms with E-state index in [1.165, 1.54) is 19.3 Å². The minimum atomic E-state index is 0.731. The highest BCUT2D eigenvalue weighted by Crippen LogP contribution is 2.51. The van der Waals surface area contributed by atoms with E-state index >= 15 is 0 Å². The molecule has 3 atom stereocenters. The number of hydrogen-bond donors (Lipinski definition) is 1. The summed E-state index contributed by atoms with van der Waals surface area (Å²) in [6, 6.07) is 0.746. The van der Waals surface area contributed by atoms with Crippen LogP contribution in [0, 0.1) is 11.8 Å². The van der Waals surface area contributed by atoms with Crippen LogP contribution in [0.2, 0.25) is 0 Å². The summed E-state index contributed by atoms with van der Waals surface area (Å²) < 4.78 is 0. The Morgan fingerprint density at radius 1 is 1.55 bits per heavy atom. The fourth-order valence-corrected chi connectivity index (χ4v) is 2.28. The molecular formula is C9H14ClN. The minimum Gasteiger partial charge on any atom is -0.309 e. The van der Waals surface area contributed by atoms with E-state index in [1.807, 2.05) is 0 Å². The lowest BCUT2D eigenvalue weighted by atomic mass is 10.2. The lowest BCUT2D eigenvalue weighted by Gasteiger charge is -2.12. The molecule has 0 aromatic rings. The predicted molar refractivity (Wildman–Crippen MR) is 47.6 cm³/mol. The zero-order valence-electron chi connectivity index (χ0n) is 6.65. The normalized spacial score (nSPS) is 40.3. The SMILES string of the molecule is C=C(Cl)CNC1CCC2CC21. The van der Waals surface area contributed by atoms with Gasteiger partial charge < -0.3 is 5.32 Å². The summed E-state index contributed by atoms with van der Waals surface area (Å²) in [5.41, 5.74) is 0. The van der Waals surface area contributed by atoms with Gasteiger partial charge in [-0.2, -0.15) is 0 Å². The van der Waals surface area contributed by atoms with Gasteiger partial charge in [-0.15, -0.1) is 0 Å². The van der Waals surface area contributed by atoms with E-state index in [1.54, 1.807) is 0 Å². The lowest BCUT2D eigenvalue weighted by Crippen LogP contribution is -2.29. The quantitative estimate of drug-likeness (QED) is 0.686. The van der Waals surface area contributed by atoms with Crippen LogP contribution in [0.1, 0.15) is 19.3 Å². The first-order chi connectivity index (χ1) is 5.27. The first kappa shape index (κ1) is 7.63. The molecule has 2 aliphatic carbocycles. The molecule has 1 N–H and O–H groups in total. The molecule has 62 valence electrons. The molecule has 0 bridgehead atoms. The number of fused-ring (bicyclic) bond motifs is 1. The van der Waals surface area contributed by atoms with Crippen LogP contribution in [-0.4, -0.2) is 12.6 Å². The maximum atomic E-state index is 5.66. The van der Waals surface area contributed by atoms with Crippen LogP contribution in [0.3, 0.4) is 0 Å². The van der Waals surface area contributed by atoms with Crippen molar-refractivity contribution in [2.75, 3.05) is 6.54 Å². The fourth-order valence-electron chi connectivity index (χ4n) is 2.20. The van der Waals surface area contributed by atoms with Crippen LogP contribution in [0.25, 0.3) is 0 Å². The second kappa shape index (κ2) is 2.80. The summed E-state index contributed by atoms with van der Waals surface area (Å²) in [5, 5.41) is 4.17. The molecule has 0 aromatic heterocycles. The van der Waals surface area contributed by atoms with Crippen molar-refractivity contribution in [3.05, 3.63) is 11.6 Å². The summed E-state index contributed by atoms with van der Waals surface area (Å²) in [6.07, 6.45) is 4.23. The van der Waals surface area contributed by atoms with Gasteiger partial charge in [0.05, 0.1) is 0 Å². The van der Waals surface area contributed by atoms with Gasteiger partial charge in [0, 0.05) is 17.6 Å². The minimum absolute atomic E-state index is 0.731. The maximum Gasteiger partial charge on any atom is 0.0310 e. The Bertz CT molecular complexity index is 178. The van der Waals surface area contributed by atoms with Gasteiger partial charge in [0.1, 0.15) is 0 Å². The Morgan fingerprint density at radius 2 is 2.36 bits per heavy atom. The molecule has 2 heteroatoms. The summed E-state index contributed by atoms with van der Waals surface area (Å²) in [7, 11) is 0. The highest BCUT2D eigenvalue weighted by Gasteiger charge is 2.47. The van der Waals surface area contributed by atoms with E-state index in [2.05, 4.69) is 11.9 Å². The van der Waals surface area contributed by atoms with Crippen molar-refractivity contribution >= 4 is 11.6 Å². The number of rotatable bonds is 3. The van der Waals surface area contributed by atoms with Crippen molar-refractivity contribution in [2.45, 2.75) is 25.3 Å². The van der Waals surface area contributed by atoms with Crippen molar-refractivity contribution < 1.29 is 0 Å². The van der Waals surface area contributed by atoms with Crippen LogP contribution < -0.4 is 5.32 Å². The second-order valence-corrected chi connectivity index (χ2v) is 4.28. The highest BCUT2D eigenvalue weighted by atomic mass is 35.5. The third-order valence-electron chi connectivity index (χ3n) is 2.90. The molecular weight excluding hydrogens is 158 g/mol. The third kappa shape index (κ3) is 1.60. The molecule has 0 heterocycles. The Morgan fingerprint density at radius 3 is 2.82 bits per heavy atom. The van der Waals surface area contributed by atoms with Gasteiger partial charge in [0.15, 0.2) is 0 Å². The molecule has 0 aliphatic heterocycles. The van der Waals surface area contributed by atoms with Gasteiger partial charge in [-0.25, -0.2) is 0 Å². The zero-order chi connectivity index (χ0) is 7.84. The van der Waals surface area contributed by atoms with Crippen molar-refractivity contribution in [1.82, 2.24) is 5.32 Å². The first-order valence-electron chi connectivity index (χ1n) is 4.34. The predicted octanol–water partition coefficient (Wildman–Crippen LogP) is 2.13. The number of nitrogens with one attached hydrogen (secondary N) is 1. The van der Waals surface area contributed by atoms with Crippen molar-refractivity contribution in [3.8, 4) is 0 Å². The monoisotopic (exact) mass is 171 g/mol. The van der Waals surface area contributed by atoms with E-state index in [4.69, 9.17) is 11.6 Å². The van der Waals surface area contributed by atoms with E-state index < -0.39 is 0 Å². The van der Waals surface area contributed by atoms with E-state index in [0.29, 0.717) is 0 Å². The van der Waals surface area contributed by atoms with Crippen LogP contribution in [0.4, 0.5) is 0 Å². The Hall–Kier alpha value is -0.0100. The van der Waals surface area contributed by atoms with Gasteiger partial charge >= 0.3 is 0 Å². The Balaban J connectivity index is 1.74. The standard InChI is InChI=1S/C9H14ClN/c1-6(10)5-11-9-3-2-7-4-8(7)9/h7-9,11H,1-5H2. The summed E-state index contributed by atoms with van der Waals surface area (Å²) in [6.45, 7) is 4.44. The molecule has 0 radical (unpaired) electrons. The Kier molecular flexibility index (Phi) is 1.94. The van der Waals surface area contributed by atoms with Crippen molar-refractivity contribution in [2.24, 2.45) is 11.8 Å². The van der Waals surface area contributed by atoms with E-state index in [0.717, 1.165) is 29.5 Å². The summed E-state index contributed by atoms with van der Waals surface area (Å²) in [5.74, 6) is 2.03. The van der Waals surface area contributed by atoms with E-state index in [-0.39, 0.29) is 0 Å². The molecule has 0 spiro atoms. The average molecular weight is 172 g/mol. The topological polar surface area (TPSA) is 12.0 Å². The average Bonchev–Trinajstić information content (AvgIpc) is 2.62. The van der Waals surface area contributed by atoms with Gasteiger partial charge in [-0.05, 0) is 31.1 Å². The van der Waals surface area contributed by atoms with Crippen molar-refractivity contribution in [1.29, 1.82) is 0 Å². The molecule has 2 rings (SSSR count). The lowest BCUT2D eigenvalue weighted by molar-refractivity contribution is 0.498. The number of halogens is 1. The van der Waals surface area contributed by atoms with Crippen LogP contribution >= 0.6 is 11.6 Å². The summed E-state index contributed by atoms with van der Waals surface area (Å²) >= 11 is 5.66. The molecule has 1 nitrogen and oxygen atoms in total. The zero-order valence-corrected chi connectivity index (χ0v) is 7.40. The van der Waals surface area contributed by atoms with Crippen LogP contribution in [0.5, 0.6) is 0 Å². The van der Waals surface area contributed by atoms with Gasteiger partial charge in [0.2, 0.25) is 0 Å². The van der Waals surface area contributed by atoms with Gasteiger partial charge in [-0.3, -0.25) is 0 Å².